The van der Waals surface area contributed by atoms with Crippen molar-refractivity contribution < 1.29 is 17.9 Å². The zero-order valence-corrected chi connectivity index (χ0v) is 16.3. The number of hydrogen-bond donors (Lipinski definition) is 1. The van der Waals surface area contributed by atoms with Gasteiger partial charge >= 0.3 is 0 Å². The molecular formula is C20H22N2O4S. The Morgan fingerprint density at radius 3 is 2.37 bits per heavy atom. The molecule has 2 atom stereocenters. The first kappa shape index (κ1) is 17.9. The average Bonchev–Trinajstić information content (AvgIpc) is 3.32. The number of methoxy groups -OCH3 is 1. The minimum Gasteiger partial charge on any atom is -0.497 e. The van der Waals surface area contributed by atoms with Crippen molar-refractivity contribution in [3.8, 4) is 5.75 Å². The molecule has 0 radical (unpaired) electrons. The second kappa shape index (κ2) is 5.99. The summed E-state index contributed by atoms with van der Waals surface area (Å²) >= 11 is 0. The monoisotopic (exact) mass is 386 g/mol. The van der Waals surface area contributed by atoms with Crippen LogP contribution in [0.2, 0.25) is 0 Å². The van der Waals surface area contributed by atoms with Crippen LogP contribution in [0, 0.1) is 19.8 Å². The van der Waals surface area contributed by atoms with E-state index in [1.54, 1.807) is 31.4 Å². The lowest BCUT2D eigenvalue weighted by molar-refractivity contribution is -0.116. The molecule has 27 heavy (non-hydrogen) atoms. The number of rotatable bonds is 4. The van der Waals surface area contributed by atoms with Crippen molar-refractivity contribution >= 4 is 27.3 Å². The minimum absolute atomic E-state index is 0.181. The molecule has 2 unspecified atom stereocenters. The van der Waals surface area contributed by atoms with Crippen LogP contribution in [0.4, 0.5) is 11.4 Å². The number of aryl methyl sites for hydroxylation is 2. The number of amides is 1. The Hall–Kier alpha value is -2.54. The maximum Gasteiger partial charge on any atom is 0.250 e. The second-order valence-electron chi connectivity index (χ2n) is 7.25. The quantitative estimate of drug-likeness (QED) is 0.877. The molecule has 0 aromatic heterocycles. The van der Waals surface area contributed by atoms with Crippen molar-refractivity contribution in [2.75, 3.05) is 23.3 Å². The summed E-state index contributed by atoms with van der Waals surface area (Å²) in [6.45, 7) is 4.14. The molecular weight excluding hydrogens is 364 g/mol. The van der Waals surface area contributed by atoms with E-state index < -0.39 is 20.7 Å². The smallest absolute Gasteiger partial charge is 0.250 e. The van der Waals surface area contributed by atoms with Gasteiger partial charge in [-0.2, -0.15) is 0 Å². The molecule has 1 amide bonds. The van der Waals surface area contributed by atoms with Gasteiger partial charge in [-0.15, -0.1) is 0 Å². The summed E-state index contributed by atoms with van der Waals surface area (Å²) in [6.07, 6.45) is 0.374. The number of carbonyl (C=O) groups is 1. The van der Waals surface area contributed by atoms with Gasteiger partial charge in [0.1, 0.15) is 5.75 Å². The van der Waals surface area contributed by atoms with Crippen molar-refractivity contribution in [2.45, 2.75) is 25.0 Å². The van der Waals surface area contributed by atoms with Gasteiger partial charge in [0.25, 0.3) is 0 Å². The normalized spacial score (nSPS) is 25.0. The van der Waals surface area contributed by atoms with Gasteiger partial charge in [0, 0.05) is 18.2 Å². The lowest BCUT2D eigenvalue weighted by Gasteiger charge is -2.26. The fourth-order valence-corrected chi connectivity index (χ4v) is 6.54. The Balaban J connectivity index is 1.63. The highest BCUT2D eigenvalue weighted by Gasteiger charge is 2.75. The molecule has 2 aliphatic rings. The summed E-state index contributed by atoms with van der Waals surface area (Å²) in [5.74, 6) is 0.0383. The van der Waals surface area contributed by atoms with Crippen LogP contribution in [0.25, 0.3) is 0 Å². The van der Waals surface area contributed by atoms with Crippen LogP contribution < -0.4 is 14.4 Å². The lowest BCUT2D eigenvalue weighted by atomic mass is 10.1. The molecule has 0 spiro atoms. The number of anilines is 2. The summed E-state index contributed by atoms with van der Waals surface area (Å²) in [5, 5.41) is 2.77. The van der Waals surface area contributed by atoms with E-state index in [9.17, 15) is 13.2 Å². The van der Waals surface area contributed by atoms with Gasteiger partial charge in [0.05, 0.1) is 12.8 Å². The molecule has 142 valence electrons. The summed E-state index contributed by atoms with van der Waals surface area (Å²) < 4.78 is 31.9. The van der Waals surface area contributed by atoms with Crippen LogP contribution in [-0.2, 0) is 14.8 Å². The number of nitrogens with zero attached hydrogens (tertiary/aromatic N) is 1. The van der Waals surface area contributed by atoms with Crippen molar-refractivity contribution in [3.63, 3.8) is 0 Å². The van der Waals surface area contributed by atoms with E-state index in [2.05, 4.69) is 5.32 Å². The summed E-state index contributed by atoms with van der Waals surface area (Å²) in [5.41, 5.74) is 3.04. The Kier molecular flexibility index (Phi) is 3.96. The van der Waals surface area contributed by atoms with Crippen molar-refractivity contribution in [3.05, 3.63) is 53.6 Å². The first-order valence-corrected chi connectivity index (χ1v) is 10.3. The first-order valence-electron chi connectivity index (χ1n) is 8.85. The largest absolute Gasteiger partial charge is 0.497 e. The van der Waals surface area contributed by atoms with Gasteiger partial charge in [-0.05, 0) is 55.7 Å². The van der Waals surface area contributed by atoms with E-state index in [1.165, 1.54) is 4.31 Å². The maximum atomic E-state index is 13.3. The zero-order chi connectivity index (χ0) is 19.4. The van der Waals surface area contributed by atoms with Gasteiger partial charge in [-0.25, -0.2) is 8.42 Å². The number of hydrogen-bond acceptors (Lipinski definition) is 4. The average molecular weight is 386 g/mol. The molecule has 1 N–H and O–H groups in total. The summed E-state index contributed by atoms with van der Waals surface area (Å²) in [4.78, 5) is 12.9. The van der Waals surface area contributed by atoms with E-state index >= 15 is 0 Å². The standard InChI is InChI=1S/C20H22N2O4S/c1-13-5-4-6-14(2)18(13)22-12-15-11-20(15,27(22,24)25)19(23)21-16-7-9-17(26-3)10-8-16/h4-10,15H,11-12H2,1-3H3,(H,21,23). The van der Waals surface area contributed by atoms with Crippen LogP contribution in [0.15, 0.2) is 42.5 Å². The third-order valence-electron chi connectivity index (χ3n) is 5.61. The van der Waals surface area contributed by atoms with Gasteiger partial charge in [0.15, 0.2) is 4.75 Å². The predicted molar refractivity (Wildman–Crippen MR) is 105 cm³/mol. The second-order valence-corrected chi connectivity index (χ2v) is 9.37. The molecule has 4 rings (SSSR count). The predicted octanol–water partition coefficient (Wildman–Crippen LogP) is 2.86. The fourth-order valence-electron chi connectivity index (χ4n) is 4.05. The Labute approximate surface area is 159 Å². The third-order valence-corrected chi connectivity index (χ3v) is 8.12. The maximum absolute atomic E-state index is 13.3. The summed E-state index contributed by atoms with van der Waals surface area (Å²) in [7, 11) is -2.22. The lowest BCUT2D eigenvalue weighted by Crippen LogP contribution is -2.42. The Morgan fingerprint density at radius 1 is 1.15 bits per heavy atom. The van der Waals surface area contributed by atoms with Gasteiger partial charge in [0.2, 0.25) is 15.9 Å². The number of ether oxygens (including phenoxy) is 1. The third kappa shape index (κ3) is 2.52. The molecule has 7 heteroatoms. The highest BCUT2D eigenvalue weighted by Crippen LogP contribution is 2.59. The SMILES string of the molecule is COc1ccc(NC(=O)C23CC2CN(c2c(C)cccc2C)S3(=O)=O)cc1. The molecule has 2 fully saturated rings. The molecule has 1 aliphatic carbocycles. The number of nitrogens with one attached hydrogen (secondary N) is 1. The van der Waals surface area contributed by atoms with Crippen molar-refractivity contribution in [2.24, 2.45) is 5.92 Å². The van der Waals surface area contributed by atoms with Crippen LogP contribution >= 0.6 is 0 Å². The molecule has 1 aliphatic heterocycles. The van der Waals surface area contributed by atoms with Crippen LogP contribution in [0.3, 0.4) is 0 Å². The van der Waals surface area contributed by atoms with E-state index in [0.717, 1.165) is 11.1 Å². The molecule has 2 aromatic carbocycles. The highest BCUT2D eigenvalue weighted by atomic mass is 32.2. The number of fused-ring (bicyclic) bond motifs is 1. The Bertz CT molecular complexity index is 997. The highest BCUT2D eigenvalue weighted by molar-refractivity contribution is 7.95. The van der Waals surface area contributed by atoms with Crippen LogP contribution in [0.1, 0.15) is 17.5 Å². The van der Waals surface area contributed by atoms with E-state index in [0.29, 0.717) is 30.1 Å². The van der Waals surface area contributed by atoms with Crippen LogP contribution in [0.5, 0.6) is 5.75 Å². The molecule has 6 nitrogen and oxygen atoms in total. The number of para-hydroxylation sites is 1. The molecule has 2 aromatic rings. The molecule has 1 saturated carbocycles. The number of carbonyl (C=O) groups excluding carboxylic acids is 1. The van der Waals surface area contributed by atoms with Gasteiger partial charge < -0.3 is 10.1 Å². The molecule has 1 saturated heterocycles. The summed E-state index contributed by atoms with van der Waals surface area (Å²) in [6, 6.07) is 12.6. The van der Waals surface area contributed by atoms with E-state index in [1.807, 2.05) is 32.0 Å². The first-order chi connectivity index (χ1) is 12.8. The topological polar surface area (TPSA) is 75.7 Å². The van der Waals surface area contributed by atoms with Crippen molar-refractivity contribution in [1.82, 2.24) is 0 Å². The molecule has 0 bridgehead atoms. The number of sulfonamides is 1. The fraction of sp³-hybridized carbons (Fsp3) is 0.350. The Morgan fingerprint density at radius 2 is 1.78 bits per heavy atom. The zero-order valence-electron chi connectivity index (χ0n) is 15.5. The molecule has 1 heterocycles. The van der Waals surface area contributed by atoms with E-state index in [-0.39, 0.29) is 5.92 Å². The minimum atomic E-state index is -3.79. The van der Waals surface area contributed by atoms with Crippen LogP contribution in [-0.4, -0.2) is 32.7 Å². The van der Waals surface area contributed by atoms with Gasteiger partial charge in [-0.1, -0.05) is 18.2 Å². The van der Waals surface area contributed by atoms with Crippen molar-refractivity contribution in [1.29, 1.82) is 0 Å². The van der Waals surface area contributed by atoms with E-state index in [4.69, 9.17) is 4.74 Å². The number of benzene rings is 2. The van der Waals surface area contributed by atoms with Gasteiger partial charge in [-0.3, -0.25) is 9.10 Å².